The largest absolute Gasteiger partial charge is 0.454 e. The first-order valence-electron chi connectivity index (χ1n) is 5.79. The van der Waals surface area contributed by atoms with E-state index in [1.807, 2.05) is 0 Å². The quantitative estimate of drug-likeness (QED) is 0.700. The van der Waals surface area contributed by atoms with Crippen molar-refractivity contribution in [3.63, 3.8) is 0 Å². The molecule has 0 bridgehead atoms. The maximum absolute atomic E-state index is 11.5. The number of amides is 1. The molecule has 0 aromatic carbocycles. The van der Waals surface area contributed by atoms with E-state index < -0.39 is 5.97 Å². The average Bonchev–Trinajstić information content (AvgIpc) is 2.30. The van der Waals surface area contributed by atoms with Crippen molar-refractivity contribution >= 4 is 17.6 Å². The summed E-state index contributed by atoms with van der Waals surface area (Å²) in [5.74, 6) is -1.06. The Hall–Kier alpha value is -2.31. The topological polar surface area (TPSA) is 103 Å². The number of carbonyl (C=O) groups excluding carboxylic acids is 2. The van der Waals surface area contributed by atoms with Gasteiger partial charge in [-0.15, -0.1) is 0 Å². The van der Waals surface area contributed by atoms with E-state index in [2.05, 4.69) is 5.32 Å². The van der Waals surface area contributed by atoms with Crippen molar-refractivity contribution in [2.45, 2.75) is 26.4 Å². The van der Waals surface area contributed by atoms with Crippen LogP contribution in [0.3, 0.4) is 0 Å². The molecule has 0 aliphatic rings. The number of nitrogens with two attached hydrogens (primary N) is 1. The van der Waals surface area contributed by atoms with Crippen LogP contribution in [0.1, 0.15) is 13.8 Å². The van der Waals surface area contributed by atoms with Crippen molar-refractivity contribution in [1.29, 1.82) is 0 Å². The van der Waals surface area contributed by atoms with Gasteiger partial charge in [-0.05, 0) is 19.9 Å². The molecule has 1 amide bonds. The van der Waals surface area contributed by atoms with Crippen LogP contribution in [-0.4, -0.2) is 29.1 Å². The van der Waals surface area contributed by atoms with Crippen LogP contribution in [-0.2, 0) is 20.9 Å². The first-order valence-corrected chi connectivity index (χ1v) is 5.79. The monoisotopic (exact) mass is 267 g/mol. The van der Waals surface area contributed by atoms with E-state index in [9.17, 15) is 14.4 Å². The van der Waals surface area contributed by atoms with Gasteiger partial charge in [-0.1, -0.05) is 0 Å². The second-order valence-corrected chi connectivity index (χ2v) is 4.31. The second kappa shape index (κ2) is 6.58. The minimum atomic E-state index is -0.674. The van der Waals surface area contributed by atoms with Crippen LogP contribution in [0.15, 0.2) is 23.1 Å². The maximum atomic E-state index is 11.5. The molecule has 1 aromatic rings. The van der Waals surface area contributed by atoms with Gasteiger partial charge < -0.3 is 20.4 Å². The molecular formula is C12H17N3O4. The molecule has 0 spiro atoms. The fraction of sp³-hybridized carbons (Fsp3) is 0.417. The van der Waals surface area contributed by atoms with Gasteiger partial charge in [0.1, 0.15) is 6.54 Å². The third-order valence-electron chi connectivity index (χ3n) is 2.12. The van der Waals surface area contributed by atoms with Crippen molar-refractivity contribution in [1.82, 2.24) is 9.88 Å². The summed E-state index contributed by atoms with van der Waals surface area (Å²) in [4.78, 5) is 34.1. The second-order valence-electron chi connectivity index (χ2n) is 4.31. The van der Waals surface area contributed by atoms with Crippen LogP contribution >= 0.6 is 0 Å². The lowest BCUT2D eigenvalue weighted by atomic mass is 10.4. The third-order valence-corrected chi connectivity index (χ3v) is 2.12. The van der Waals surface area contributed by atoms with Crippen LogP contribution in [0.5, 0.6) is 0 Å². The van der Waals surface area contributed by atoms with E-state index in [0.29, 0.717) is 5.69 Å². The number of nitrogen functional groups attached to an aromatic ring is 1. The molecule has 0 saturated heterocycles. The molecule has 7 nitrogen and oxygen atoms in total. The fourth-order valence-corrected chi connectivity index (χ4v) is 1.37. The van der Waals surface area contributed by atoms with E-state index >= 15 is 0 Å². The molecule has 104 valence electrons. The lowest BCUT2D eigenvalue weighted by molar-refractivity contribution is -0.149. The number of hydrogen-bond donors (Lipinski definition) is 2. The van der Waals surface area contributed by atoms with E-state index in [4.69, 9.17) is 10.5 Å². The Labute approximate surface area is 110 Å². The van der Waals surface area contributed by atoms with Crippen molar-refractivity contribution in [2.75, 3.05) is 12.3 Å². The summed E-state index contributed by atoms with van der Waals surface area (Å²) < 4.78 is 5.88. The van der Waals surface area contributed by atoms with Crippen molar-refractivity contribution in [2.24, 2.45) is 0 Å². The molecule has 0 saturated carbocycles. The van der Waals surface area contributed by atoms with Gasteiger partial charge in [-0.25, -0.2) is 0 Å². The van der Waals surface area contributed by atoms with E-state index in [1.54, 1.807) is 13.8 Å². The maximum Gasteiger partial charge on any atom is 0.326 e. The smallest absolute Gasteiger partial charge is 0.326 e. The normalized spacial score (nSPS) is 10.3. The fourth-order valence-electron chi connectivity index (χ4n) is 1.37. The summed E-state index contributed by atoms with van der Waals surface area (Å²) in [5, 5.41) is 2.58. The average molecular weight is 267 g/mol. The van der Waals surface area contributed by atoms with Gasteiger partial charge in [0, 0.05) is 24.0 Å². The Bertz CT molecular complexity index is 522. The Morgan fingerprint density at radius 3 is 2.74 bits per heavy atom. The van der Waals surface area contributed by atoms with Crippen LogP contribution < -0.4 is 16.6 Å². The van der Waals surface area contributed by atoms with E-state index in [-0.39, 0.29) is 30.7 Å². The molecule has 1 rings (SSSR count). The highest BCUT2D eigenvalue weighted by atomic mass is 16.5. The van der Waals surface area contributed by atoms with Crippen LogP contribution in [0.2, 0.25) is 0 Å². The lowest BCUT2D eigenvalue weighted by Crippen LogP contribution is -2.34. The molecule has 0 atom stereocenters. The number of pyridine rings is 1. The Morgan fingerprint density at radius 1 is 1.42 bits per heavy atom. The first kappa shape index (κ1) is 14.7. The summed E-state index contributed by atoms with van der Waals surface area (Å²) in [6.45, 7) is 2.95. The predicted octanol–water partition coefficient (Wildman–Crippen LogP) is -0.502. The third kappa shape index (κ3) is 5.24. The number of hydrogen-bond acceptors (Lipinski definition) is 5. The number of nitrogens with zero attached hydrogens (tertiary/aromatic N) is 1. The molecule has 0 unspecified atom stereocenters. The highest BCUT2D eigenvalue weighted by Crippen LogP contribution is 1.96. The predicted molar refractivity (Wildman–Crippen MR) is 69.4 cm³/mol. The SMILES string of the molecule is CC(C)NC(=O)COC(=O)Cn1cc(N)ccc1=O. The van der Waals surface area contributed by atoms with Gasteiger partial charge in [0.15, 0.2) is 6.61 Å². The zero-order valence-electron chi connectivity index (χ0n) is 10.9. The molecule has 0 aliphatic heterocycles. The zero-order chi connectivity index (χ0) is 14.4. The van der Waals surface area contributed by atoms with Gasteiger partial charge >= 0.3 is 5.97 Å². The van der Waals surface area contributed by atoms with E-state index in [1.165, 1.54) is 18.3 Å². The standard InChI is InChI=1S/C12H17N3O4/c1-8(2)14-10(16)7-19-12(18)6-15-5-9(13)3-4-11(15)17/h3-5,8H,6-7,13H2,1-2H3,(H,14,16). The number of rotatable bonds is 5. The number of carbonyl (C=O) groups is 2. The van der Waals surface area contributed by atoms with Gasteiger partial charge in [-0.3, -0.25) is 14.4 Å². The molecular weight excluding hydrogens is 250 g/mol. The molecule has 1 aromatic heterocycles. The van der Waals surface area contributed by atoms with Crippen molar-refractivity contribution < 1.29 is 14.3 Å². The lowest BCUT2D eigenvalue weighted by Gasteiger charge is -2.09. The van der Waals surface area contributed by atoms with Crippen LogP contribution in [0.4, 0.5) is 5.69 Å². The molecule has 19 heavy (non-hydrogen) atoms. The first-order chi connectivity index (χ1) is 8.88. The van der Waals surface area contributed by atoms with Gasteiger partial charge in [-0.2, -0.15) is 0 Å². The Kier molecular flexibility index (Phi) is 5.11. The summed E-state index contributed by atoms with van der Waals surface area (Å²) >= 11 is 0. The summed E-state index contributed by atoms with van der Waals surface area (Å²) in [5.41, 5.74) is 5.51. The summed E-state index contributed by atoms with van der Waals surface area (Å²) in [7, 11) is 0. The molecule has 0 aliphatic carbocycles. The summed E-state index contributed by atoms with van der Waals surface area (Å²) in [6, 6.07) is 2.68. The van der Waals surface area contributed by atoms with Crippen molar-refractivity contribution in [3.05, 3.63) is 28.7 Å². The number of anilines is 1. The minimum absolute atomic E-state index is 0.0252. The van der Waals surface area contributed by atoms with Crippen LogP contribution in [0.25, 0.3) is 0 Å². The molecule has 0 fully saturated rings. The van der Waals surface area contributed by atoms with E-state index in [0.717, 1.165) is 4.57 Å². The molecule has 3 N–H and O–H groups in total. The van der Waals surface area contributed by atoms with Gasteiger partial charge in [0.05, 0.1) is 0 Å². The zero-order valence-corrected chi connectivity index (χ0v) is 10.9. The highest BCUT2D eigenvalue weighted by Gasteiger charge is 2.09. The highest BCUT2D eigenvalue weighted by molar-refractivity contribution is 5.80. The van der Waals surface area contributed by atoms with Crippen LogP contribution in [0, 0.1) is 0 Å². The number of ether oxygens (including phenoxy) is 1. The Balaban J connectivity index is 2.50. The molecule has 0 radical (unpaired) electrons. The molecule has 7 heteroatoms. The Morgan fingerprint density at radius 2 is 2.11 bits per heavy atom. The number of aromatic nitrogens is 1. The van der Waals surface area contributed by atoms with Gasteiger partial charge in [0.25, 0.3) is 11.5 Å². The van der Waals surface area contributed by atoms with Gasteiger partial charge in [0.2, 0.25) is 0 Å². The molecule has 1 heterocycles. The summed E-state index contributed by atoms with van der Waals surface area (Å²) in [6.07, 6.45) is 1.35. The minimum Gasteiger partial charge on any atom is -0.454 e. The number of nitrogens with one attached hydrogen (secondary N) is 1. The van der Waals surface area contributed by atoms with Crippen molar-refractivity contribution in [3.8, 4) is 0 Å². The number of esters is 1.